The van der Waals surface area contributed by atoms with Gasteiger partial charge in [-0.1, -0.05) is 6.07 Å². The summed E-state index contributed by atoms with van der Waals surface area (Å²) < 4.78 is 4.81. The predicted octanol–water partition coefficient (Wildman–Crippen LogP) is 3.62. The average Bonchev–Trinajstić information content (AvgIpc) is 3.13. The van der Waals surface area contributed by atoms with Gasteiger partial charge in [0, 0.05) is 20.7 Å². The van der Waals surface area contributed by atoms with Gasteiger partial charge in [0.1, 0.15) is 0 Å². The molecule has 108 valence electrons. The van der Waals surface area contributed by atoms with Crippen LogP contribution in [0.2, 0.25) is 0 Å². The number of ether oxygens (including phenoxy) is 1. The van der Waals surface area contributed by atoms with Gasteiger partial charge in [0.15, 0.2) is 0 Å². The lowest BCUT2D eigenvalue weighted by atomic mass is 10.2. The van der Waals surface area contributed by atoms with Crippen molar-refractivity contribution in [2.24, 2.45) is 0 Å². The molecule has 2 rings (SSSR count). The minimum Gasteiger partial charge on any atom is -0.478 e. The largest absolute Gasteiger partial charge is 0.478 e. The Morgan fingerprint density at radius 1 is 1.24 bits per heavy atom. The van der Waals surface area contributed by atoms with Crippen molar-refractivity contribution in [2.75, 3.05) is 7.11 Å². The second kappa shape index (κ2) is 7.01. The molecule has 0 aliphatic carbocycles. The maximum Gasteiger partial charge on any atom is 0.339 e. The molecule has 0 saturated carbocycles. The molecule has 4 nitrogen and oxygen atoms in total. The first-order valence-electron chi connectivity index (χ1n) is 5.95. The Morgan fingerprint density at radius 3 is 2.67 bits per heavy atom. The van der Waals surface area contributed by atoms with E-state index in [1.54, 1.807) is 18.2 Å². The predicted molar refractivity (Wildman–Crippen MR) is 85.2 cm³/mol. The molecule has 0 fully saturated rings. The maximum atomic E-state index is 11.9. The Kier molecular flexibility index (Phi) is 5.08. The van der Waals surface area contributed by atoms with Crippen LogP contribution < -0.4 is 0 Å². The Labute approximate surface area is 129 Å². The minimum atomic E-state index is -1.01. The summed E-state index contributed by atoms with van der Waals surface area (Å²) in [6.07, 6.45) is 4.33. The number of carboxylic acids is 1. The number of carboxylic acid groups (broad SMARTS) is 1. The van der Waals surface area contributed by atoms with E-state index in [4.69, 9.17) is 9.84 Å². The van der Waals surface area contributed by atoms with Gasteiger partial charge >= 0.3 is 11.9 Å². The third kappa shape index (κ3) is 4.14. The highest BCUT2D eigenvalue weighted by molar-refractivity contribution is 7.14. The van der Waals surface area contributed by atoms with Gasteiger partial charge in [-0.05, 0) is 35.7 Å². The molecular weight excluding hydrogens is 308 g/mol. The number of rotatable bonds is 5. The zero-order valence-electron chi connectivity index (χ0n) is 11.1. The van der Waals surface area contributed by atoms with Crippen molar-refractivity contribution in [1.29, 1.82) is 0 Å². The number of methoxy groups -OCH3 is 1. The molecule has 0 aliphatic rings. The highest BCUT2D eigenvalue weighted by Crippen LogP contribution is 2.28. The summed E-state index contributed by atoms with van der Waals surface area (Å²) in [5, 5.41) is 10.5. The van der Waals surface area contributed by atoms with Crippen LogP contribution in [0.3, 0.4) is 0 Å². The van der Waals surface area contributed by atoms with Crippen molar-refractivity contribution >= 4 is 52.3 Å². The lowest BCUT2D eigenvalue weighted by Gasteiger charge is -2.02. The normalized spacial score (nSPS) is 11.8. The molecule has 6 heteroatoms. The smallest absolute Gasteiger partial charge is 0.339 e. The van der Waals surface area contributed by atoms with Gasteiger partial charge in [0.25, 0.3) is 0 Å². The van der Waals surface area contributed by atoms with E-state index >= 15 is 0 Å². The monoisotopic (exact) mass is 320 g/mol. The molecule has 2 aromatic heterocycles. The Morgan fingerprint density at radius 2 is 2.05 bits per heavy atom. The minimum absolute atomic E-state index is 0.418. The van der Waals surface area contributed by atoms with Crippen molar-refractivity contribution in [2.45, 2.75) is 0 Å². The zero-order chi connectivity index (χ0) is 15.2. The van der Waals surface area contributed by atoms with Crippen LogP contribution in [0.25, 0.3) is 17.7 Å². The van der Waals surface area contributed by atoms with E-state index in [1.807, 2.05) is 17.5 Å². The van der Waals surface area contributed by atoms with Crippen molar-refractivity contribution in [1.82, 2.24) is 0 Å². The van der Waals surface area contributed by atoms with E-state index in [2.05, 4.69) is 0 Å². The van der Waals surface area contributed by atoms with Gasteiger partial charge in [-0.25, -0.2) is 9.59 Å². The molecule has 0 radical (unpaired) electrons. The van der Waals surface area contributed by atoms with E-state index in [0.29, 0.717) is 5.57 Å². The molecule has 0 unspecified atom stereocenters. The van der Waals surface area contributed by atoms with Crippen LogP contribution in [0.1, 0.15) is 14.6 Å². The second-order valence-electron chi connectivity index (χ2n) is 3.94. The lowest BCUT2D eigenvalue weighted by Crippen LogP contribution is -2.02. The Bertz CT molecular complexity index is 693. The fourth-order valence-corrected chi connectivity index (χ4v) is 3.17. The summed E-state index contributed by atoms with van der Waals surface area (Å²) in [5.41, 5.74) is 0.458. The molecule has 0 bridgehead atoms. The van der Waals surface area contributed by atoms with Crippen LogP contribution in [-0.2, 0) is 14.3 Å². The number of hydrogen-bond acceptors (Lipinski definition) is 5. The lowest BCUT2D eigenvalue weighted by molar-refractivity contribution is -0.134. The van der Waals surface area contributed by atoms with Gasteiger partial charge in [-0.2, -0.15) is 0 Å². The first-order chi connectivity index (χ1) is 10.1. The number of carbonyl (C=O) groups is 2. The Balaban J connectivity index is 2.34. The van der Waals surface area contributed by atoms with Crippen LogP contribution in [-0.4, -0.2) is 24.2 Å². The highest BCUT2D eigenvalue weighted by Gasteiger charge is 2.15. The molecule has 21 heavy (non-hydrogen) atoms. The third-order valence-electron chi connectivity index (χ3n) is 2.52. The molecule has 0 aromatic carbocycles. The molecule has 0 spiro atoms. The summed E-state index contributed by atoms with van der Waals surface area (Å²) in [5.74, 6) is -1.42. The molecule has 0 atom stereocenters. The van der Waals surface area contributed by atoms with Crippen LogP contribution in [0.4, 0.5) is 0 Å². The number of carbonyl (C=O) groups excluding carboxylic acids is 1. The van der Waals surface area contributed by atoms with Crippen LogP contribution in [0.5, 0.6) is 0 Å². The summed E-state index contributed by atoms with van der Waals surface area (Å²) in [6, 6.07) is 7.36. The van der Waals surface area contributed by atoms with Gasteiger partial charge in [0.05, 0.1) is 12.7 Å². The van der Waals surface area contributed by atoms with Gasteiger partial charge < -0.3 is 9.84 Å². The maximum absolute atomic E-state index is 11.9. The van der Waals surface area contributed by atoms with Crippen molar-refractivity contribution in [3.8, 4) is 0 Å². The summed E-state index contributed by atoms with van der Waals surface area (Å²) in [6.45, 7) is 0. The van der Waals surface area contributed by atoms with Gasteiger partial charge in [0.2, 0.25) is 0 Å². The van der Waals surface area contributed by atoms with Crippen molar-refractivity contribution in [3.05, 3.63) is 50.4 Å². The summed E-state index contributed by atoms with van der Waals surface area (Å²) in [7, 11) is 1.34. The van der Waals surface area contributed by atoms with Gasteiger partial charge in [-0.15, -0.1) is 22.7 Å². The van der Waals surface area contributed by atoms with Crippen LogP contribution in [0, 0.1) is 0 Å². The SMILES string of the molecule is COC(=O)C(=Cc1cccs1)c1ccc(C=CC(=O)O)s1. The molecular formula is C15H12O4S2. The zero-order valence-corrected chi connectivity index (χ0v) is 12.7. The van der Waals surface area contributed by atoms with Crippen molar-refractivity contribution < 1.29 is 19.4 Å². The molecule has 0 aliphatic heterocycles. The fourth-order valence-electron chi connectivity index (χ4n) is 1.60. The van der Waals surface area contributed by atoms with E-state index < -0.39 is 11.9 Å². The van der Waals surface area contributed by atoms with E-state index in [0.717, 1.165) is 20.7 Å². The van der Waals surface area contributed by atoms with E-state index in [-0.39, 0.29) is 0 Å². The van der Waals surface area contributed by atoms with Crippen LogP contribution >= 0.6 is 22.7 Å². The first kappa shape index (κ1) is 15.2. The second-order valence-corrected chi connectivity index (χ2v) is 6.03. The molecule has 2 aromatic rings. The third-order valence-corrected chi connectivity index (χ3v) is 4.42. The molecule has 0 saturated heterocycles. The van der Waals surface area contributed by atoms with Crippen molar-refractivity contribution in [3.63, 3.8) is 0 Å². The van der Waals surface area contributed by atoms with Crippen LogP contribution in [0.15, 0.2) is 35.7 Å². The topological polar surface area (TPSA) is 63.6 Å². The number of thiophene rings is 2. The summed E-state index contributed by atoms with van der Waals surface area (Å²) >= 11 is 2.86. The number of esters is 1. The highest BCUT2D eigenvalue weighted by atomic mass is 32.1. The average molecular weight is 320 g/mol. The van der Waals surface area contributed by atoms with Gasteiger partial charge in [-0.3, -0.25) is 0 Å². The quantitative estimate of drug-likeness (QED) is 0.675. The standard InChI is InChI=1S/C15H12O4S2/c1-19-15(18)12(9-11-3-2-8-20-11)13-6-4-10(21-13)5-7-14(16)17/h2-9H,1H3,(H,16,17). The Hall–Kier alpha value is -2.18. The number of hydrogen-bond donors (Lipinski definition) is 1. The van der Waals surface area contributed by atoms with E-state index in [9.17, 15) is 9.59 Å². The number of aliphatic carboxylic acids is 1. The molecule has 0 amide bonds. The first-order valence-corrected chi connectivity index (χ1v) is 7.64. The van der Waals surface area contributed by atoms with E-state index in [1.165, 1.54) is 35.9 Å². The summed E-state index contributed by atoms with van der Waals surface area (Å²) in [4.78, 5) is 24.9. The molecule has 2 heterocycles. The fraction of sp³-hybridized carbons (Fsp3) is 0.0667. The molecule has 1 N–H and O–H groups in total.